The molecule has 0 aromatic heterocycles. The van der Waals surface area contributed by atoms with Crippen molar-refractivity contribution in [3.05, 3.63) is 29.8 Å². The molecule has 0 saturated heterocycles. The molecule has 0 saturated carbocycles. The third-order valence-electron chi connectivity index (χ3n) is 2.19. The molecule has 1 aromatic rings. The summed E-state index contributed by atoms with van der Waals surface area (Å²) < 4.78 is 25.5. The molecular formula is C11H12F2N2O3. The molecule has 1 amide bonds. The first-order valence-electron chi connectivity index (χ1n) is 5.13. The summed E-state index contributed by atoms with van der Waals surface area (Å²) in [5, 5.41) is 10.7. The molecule has 0 aliphatic heterocycles. The number of anilines is 1. The van der Waals surface area contributed by atoms with Crippen molar-refractivity contribution in [1.82, 2.24) is 0 Å². The Morgan fingerprint density at radius 2 is 2.00 bits per heavy atom. The molecule has 0 bridgehead atoms. The summed E-state index contributed by atoms with van der Waals surface area (Å²) >= 11 is 0. The van der Waals surface area contributed by atoms with Crippen molar-refractivity contribution in [1.29, 1.82) is 0 Å². The second-order valence-corrected chi connectivity index (χ2v) is 3.66. The fourth-order valence-corrected chi connectivity index (χ4v) is 1.22. The number of hydrogen-bond donors (Lipinski definition) is 3. The minimum absolute atomic E-state index is 0.0369. The van der Waals surface area contributed by atoms with E-state index in [1.54, 1.807) is 0 Å². The average Bonchev–Trinajstić information content (AvgIpc) is 2.30. The zero-order valence-electron chi connectivity index (χ0n) is 9.32. The Hall–Kier alpha value is -2.02. The zero-order chi connectivity index (χ0) is 13.7. The largest absolute Gasteiger partial charge is 0.481 e. The molecule has 0 radical (unpaired) electrons. The fraction of sp³-hybridized carbons (Fsp3) is 0.273. The quantitative estimate of drug-likeness (QED) is 0.737. The fourth-order valence-electron chi connectivity index (χ4n) is 1.22. The van der Waals surface area contributed by atoms with Crippen LogP contribution in [0.5, 0.6) is 0 Å². The van der Waals surface area contributed by atoms with Crippen LogP contribution in [0.4, 0.5) is 14.5 Å². The summed E-state index contributed by atoms with van der Waals surface area (Å²) in [6.07, 6.45) is -0.281. The number of carboxylic acids is 1. The summed E-state index contributed by atoms with van der Waals surface area (Å²) in [7, 11) is 0. The molecule has 5 nitrogen and oxygen atoms in total. The summed E-state index contributed by atoms with van der Waals surface area (Å²) in [4.78, 5) is 21.8. The number of amides is 1. The van der Waals surface area contributed by atoms with Crippen molar-refractivity contribution in [2.24, 2.45) is 5.73 Å². The zero-order valence-corrected chi connectivity index (χ0v) is 9.32. The van der Waals surface area contributed by atoms with Crippen molar-refractivity contribution >= 4 is 17.6 Å². The molecule has 7 heteroatoms. The van der Waals surface area contributed by atoms with E-state index in [0.29, 0.717) is 0 Å². The maximum Gasteiger partial charge on any atom is 0.303 e. The van der Waals surface area contributed by atoms with Crippen molar-refractivity contribution in [2.75, 3.05) is 5.32 Å². The SMILES string of the molecule is NC(CCC(=O)O)C(=O)Nc1ccc(F)c(F)c1. The maximum atomic E-state index is 12.8. The van der Waals surface area contributed by atoms with Crippen LogP contribution in [0.2, 0.25) is 0 Å². The van der Waals surface area contributed by atoms with Gasteiger partial charge in [0.1, 0.15) is 0 Å². The van der Waals surface area contributed by atoms with Gasteiger partial charge in [0.2, 0.25) is 5.91 Å². The number of carbonyl (C=O) groups excluding carboxylic acids is 1. The van der Waals surface area contributed by atoms with Crippen LogP contribution in [0.25, 0.3) is 0 Å². The first-order chi connectivity index (χ1) is 8.40. The van der Waals surface area contributed by atoms with Gasteiger partial charge in [0.15, 0.2) is 11.6 Å². The van der Waals surface area contributed by atoms with Gasteiger partial charge >= 0.3 is 5.97 Å². The number of hydrogen-bond acceptors (Lipinski definition) is 3. The van der Waals surface area contributed by atoms with Gasteiger partial charge in [-0.15, -0.1) is 0 Å². The van der Waals surface area contributed by atoms with Crippen LogP contribution in [-0.4, -0.2) is 23.0 Å². The van der Waals surface area contributed by atoms with Gasteiger partial charge in [-0.2, -0.15) is 0 Å². The van der Waals surface area contributed by atoms with E-state index in [4.69, 9.17) is 10.8 Å². The molecule has 18 heavy (non-hydrogen) atoms. The Balaban J connectivity index is 2.58. The number of nitrogens with two attached hydrogens (primary N) is 1. The summed E-state index contributed by atoms with van der Waals surface area (Å²) in [6, 6.07) is 1.85. The first kappa shape index (κ1) is 14.0. The van der Waals surface area contributed by atoms with Gasteiger partial charge in [0, 0.05) is 18.2 Å². The maximum absolute atomic E-state index is 12.8. The molecule has 1 rings (SSSR count). The monoisotopic (exact) mass is 258 g/mol. The van der Waals surface area contributed by atoms with E-state index >= 15 is 0 Å². The van der Waals surface area contributed by atoms with Crippen molar-refractivity contribution < 1.29 is 23.5 Å². The highest BCUT2D eigenvalue weighted by Gasteiger charge is 2.15. The van der Waals surface area contributed by atoms with E-state index in [2.05, 4.69) is 5.32 Å². The number of carbonyl (C=O) groups is 2. The van der Waals surface area contributed by atoms with Crippen LogP contribution in [0.15, 0.2) is 18.2 Å². The minimum atomic E-state index is -1.09. The summed E-state index contributed by atoms with van der Waals surface area (Å²) in [5.74, 6) is -3.83. The van der Waals surface area contributed by atoms with Crippen LogP contribution in [0.3, 0.4) is 0 Å². The van der Waals surface area contributed by atoms with Crippen molar-refractivity contribution in [3.8, 4) is 0 Å². The Labute approximate surface area is 102 Å². The lowest BCUT2D eigenvalue weighted by molar-refractivity contribution is -0.137. The average molecular weight is 258 g/mol. The van der Waals surface area contributed by atoms with E-state index < -0.39 is 29.6 Å². The lowest BCUT2D eigenvalue weighted by atomic mass is 10.1. The van der Waals surface area contributed by atoms with E-state index in [0.717, 1.165) is 12.1 Å². The standard InChI is InChI=1S/C11H12F2N2O3/c12-7-2-1-6(5-8(7)13)15-11(18)9(14)3-4-10(16)17/h1-2,5,9H,3-4,14H2,(H,15,18)(H,16,17). The van der Waals surface area contributed by atoms with Gasteiger partial charge in [0.25, 0.3) is 0 Å². The number of nitrogens with one attached hydrogen (secondary N) is 1. The Morgan fingerprint density at radius 3 is 2.56 bits per heavy atom. The Bertz CT molecular complexity index is 466. The highest BCUT2D eigenvalue weighted by molar-refractivity contribution is 5.94. The minimum Gasteiger partial charge on any atom is -0.481 e. The second kappa shape index (κ2) is 6.06. The second-order valence-electron chi connectivity index (χ2n) is 3.66. The highest BCUT2D eigenvalue weighted by Crippen LogP contribution is 2.13. The predicted octanol–water partition coefficient (Wildman–Crippen LogP) is 1.10. The number of benzene rings is 1. The van der Waals surface area contributed by atoms with Crippen LogP contribution in [-0.2, 0) is 9.59 Å². The van der Waals surface area contributed by atoms with E-state index in [-0.39, 0.29) is 18.5 Å². The van der Waals surface area contributed by atoms with Crippen LogP contribution < -0.4 is 11.1 Å². The van der Waals surface area contributed by atoms with Gasteiger partial charge in [0.05, 0.1) is 6.04 Å². The van der Waals surface area contributed by atoms with Gasteiger partial charge < -0.3 is 16.2 Å². The number of halogens is 2. The predicted molar refractivity (Wildman–Crippen MR) is 59.8 cm³/mol. The Morgan fingerprint density at radius 1 is 1.33 bits per heavy atom. The number of aliphatic carboxylic acids is 1. The highest BCUT2D eigenvalue weighted by atomic mass is 19.2. The lowest BCUT2D eigenvalue weighted by Gasteiger charge is -2.11. The van der Waals surface area contributed by atoms with Crippen LogP contribution >= 0.6 is 0 Å². The first-order valence-corrected chi connectivity index (χ1v) is 5.13. The van der Waals surface area contributed by atoms with Crippen molar-refractivity contribution in [2.45, 2.75) is 18.9 Å². The van der Waals surface area contributed by atoms with Crippen molar-refractivity contribution in [3.63, 3.8) is 0 Å². The number of rotatable bonds is 5. The van der Waals surface area contributed by atoms with E-state index in [9.17, 15) is 18.4 Å². The van der Waals surface area contributed by atoms with Gasteiger partial charge in [-0.25, -0.2) is 8.78 Å². The molecule has 1 aromatic carbocycles. The molecule has 0 aliphatic carbocycles. The molecule has 1 unspecified atom stereocenters. The third kappa shape index (κ3) is 4.10. The summed E-state index contributed by atoms with van der Waals surface area (Å²) in [5.41, 5.74) is 5.50. The topological polar surface area (TPSA) is 92.4 Å². The van der Waals surface area contributed by atoms with Gasteiger partial charge in [-0.05, 0) is 18.6 Å². The van der Waals surface area contributed by atoms with Gasteiger partial charge in [-0.1, -0.05) is 0 Å². The number of carboxylic acid groups (broad SMARTS) is 1. The normalized spacial score (nSPS) is 11.9. The molecule has 0 heterocycles. The van der Waals surface area contributed by atoms with E-state index in [1.807, 2.05) is 0 Å². The molecule has 0 fully saturated rings. The van der Waals surface area contributed by atoms with Crippen LogP contribution in [0, 0.1) is 11.6 Å². The Kier molecular flexibility index (Phi) is 4.73. The molecule has 0 spiro atoms. The van der Waals surface area contributed by atoms with E-state index in [1.165, 1.54) is 6.07 Å². The lowest BCUT2D eigenvalue weighted by Crippen LogP contribution is -2.36. The third-order valence-corrected chi connectivity index (χ3v) is 2.19. The van der Waals surface area contributed by atoms with Gasteiger partial charge in [-0.3, -0.25) is 9.59 Å². The summed E-state index contributed by atoms with van der Waals surface area (Å²) in [6.45, 7) is 0. The van der Waals surface area contributed by atoms with Crippen LogP contribution in [0.1, 0.15) is 12.8 Å². The molecular weight excluding hydrogens is 246 g/mol. The molecule has 0 aliphatic rings. The molecule has 1 atom stereocenters. The smallest absolute Gasteiger partial charge is 0.303 e. The molecule has 98 valence electrons. The molecule has 4 N–H and O–H groups in total.